The predicted octanol–water partition coefficient (Wildman–Crippen LogP) is 3.42. The number of nitrogens with zero attached hydrogens (tertiary/aromatic N) is 2. The van der Waals surface area contributed by atoms with Crippen molar-refractivity contribution in [3.63, 3.8) is 0 Å². The predicted molar refractivity (Wildman–Crippen MR) is 116 cm³/mol. The summed E-state index contributed by atoms with van der Waals surface area (Å²) in [5.74, 6) is 0.709. The Hall–Kier alpha value is -2.62. The molecule has 3 aromatic rings. The van der Waals surface area contributed by atoms with E-state index in [0.717, 1.165) is 5.52 Å². The molecule has 1 saturated heterocycles. The first-order valence-corrected chi connectivity index (χ1v) is 11.7. The van der Waals surface area contributed by atoms with E-state index in [1.807, 2.05) is 0 Å². The van der Waals surface area contributed by atoms with Crippen molar-refractivity contribution in [2.45, 2.75) is 23.7 Å². The average molecular weight is 464 g/mol. The highest BCUT2D eigenvalue weighted by atomic mass is 35.5. The van der Waals surface area contributed by atoms with Gasteiger partial charge in [0.15, 0.2) is 11.5 Å². The fourth-order valence-corrected chi connectivity index (χ4v) is 4.82. The molecule has 1 aromatic heterocycles. The summed E-state index contributed by atoms with van der Waals surface area (Å²) in [6.45, 7) is 1.03. The van der Waals surface area contributed by atoms with E-state index in [9.17, 15) is 13.2 Å². The summed E-state index contributed by atoms with van der Waals surface area (Å²) in [6.07, 6.45) is 1.40. The Labute approximate surface area is 185 Å². The molecule has 1 aliphatic rings. The number of likely N-dealkylation sites (tertiary alicyclic amines) is 1. The molecule has 0 unspecified atom stereocenters. The first-order valence-electron chi connectivity index (χ1n) is 9.79. The van der Waals surface area contributed by atoms with Gasteiger partial charge in [-0.05, 0) is 56.3 Å². The molecule has 2 aromatic carbocycles. The van der Waals surface area contributed by atoms with Gasteiger partial charge in [0, 0.05) is 29.6 Å². The van der Waals surface area contributed by atoms with Gasteiger partial charge in [0.1, 0.15) is 16.2 Å². The van der Waals surface area contributed by atoms with E-state index in [4.69, 9.17) is 20.8 Å². The first kappa shape index (κ1) is 21.6. The van der Waals surface area contributed by atoms with Gasteiger partial charge in [-0.25, -0.2) is 18.1 Å². The van der Waals surface area contributed by atoms with Crippen molar-refractivity contribution in [2.24, 2.45) is 0 Å². The number of aromatic nitrogens is 1. The van der Waals surface area contributed by atoms with Crippen molar-refractivity contribution >= 4 is 38.6 Å². The Morgan fingerprint density at radius 2 is 1.97 bits per heavy atom. The molecule has 0 spiro atoms. The van der Waals surface area contributed by atoms with Crippen LogP contribution in [0.5, 0.6) is 5.75 Å². The molecule has 4 rings (SSSR count). The molecule has 10 heteroatoms. The second-order valence-corrected chi connectivity index (χ2v) is 9.60. The molecule has 0 bridgehead atoms. The van der Waals surface area contributed by atoms with E-state index in [-0.39, 0.29) is 22.5 Å². The zero-order chi connectivity index (χ0) is 22.2. The highest BCUT2D eigenvalue weighted by Gasteiger charge is 2.29. The number of piperidine rings is 1. The molecule has 8 nitrogen and oxygen atoms in total. The van der Waals surface area contributed by atoms with Crippen molar-refractivity contribution in [1.82, 2.24) is 14.6 Å². The fraction of sp³-hybridized carbons (Fsp3) is 0.333. The van der Waals surface area contributed by atoms with Crippen molar-refractivity contribution in [1.29, 1.82) is 0 Å². The Morgan fingerprint density at radius 3 is 2.65 bits per heavy atom. The highest BCUT2D eigenvalue weighted by molar-refractivity contribution is 7.89. The second kappa shape index (κ2) is 8.49. The Kier molecular flexibility index (Phi) is 5.92. The fourth-order valence-electron chi connectivity index (χ4n) is 3.73. The van der Waals surface area contributed by atoms with Gasteiger partial charge in [0.05, 0.1) is 7.11 Å². The number of benzene rings is 2. The number of hydrogen-bond acceptors (Lipinski definition) is 6. The number of fused-ring (bicyclic) bond motifs is 1. The number of rotatable bonds is 5. The Morgan fingerprint density at radius 1 is 1.23 bits per heavy atom. The van der Waals surface area contributed by atoms with Gasteiger partial charge in [-0.3, -0.25) is 4.79 Å². The smallest absolute Gasteiger partial charge is 0.253 e. The molecule has 2 heterocycles. The topological polar surface area (TPSA) is 102 Å². The number of methoxy groups -OCH3 is 1. The Balaban J connectivity index is 1.49. The van der Waals surface area contributed by atoms with Gasteiger partial charge in [0.2, 0.25) is 10.0 Å². The van der Waals surface area contributed by atoms with E-state index in [2.05, 4.69) is 9.71 Å². The summed E-state index contributed by atoms with van der Waals surface area (Å²) in [6, 6.07) is 9.75. The number of oxazole rings is 1. The van der Waals surface area contributed by atoms with Crippen LogP contribution in [0.25, 0.3) is 11.1 Å². The minimum absolute atomic E-state index is 0.0663. The van der Waals surface area contributed by atoms with Crippen LogP contribution in [0.3, 0.4) is 0 Å². The molecule has 0 saturated carbocycles. The lowest BCUT2D eigenvalue weighted by Gasteiger charge is -2.30. The zero-order valence-corrected chi connectivity index (χ0v) is 18.7. The molecule has 1 fully saturated rings. The number of hydrogen-bond donors (Lipinski definition) is 1. The standard InChI is InChI=1S/C21H22ClN3O5S/c1-23-31(27,28)19-11-14(3-5-18(19)29-2)21(26)25-9-7-13(8-10-25)20-24-16-12-15(22)4-6-17(16)30-20/h3-6,11-13,23H,7-10H2,1-2H3. The van der Waals surface area contributed by atoms with Crippen LogP contribution in [-0.2, 0) is 10.0 Å². The quantitative estimate of drug-likeness (QED) is 0.622. The third-order valence-electron chi connectivity index (χ3n) is 5.47. The maximum absolute atomic E-state index is 13.0. The third-order valence-corrected chi connectivity index (χ3v) is 7.14. The molecule has 31 heavy (non-hydrogen) atoms. The van der Waals surface area contributed by atoms with Crippen LogP contribution in [0.2, 0.25) is 5.02 Å². The van der Waals surface area contributed by atoms with Crippen LogP contribution in [0.4, 0.5) is 0 Å². The lowest BCUT2D eigenvalue weighted by molar-refractivity contribution is 0.0706. The van der Waals surface area contributed by atoms with E-state index >= 15 is 0 Å². The van der Waals surface area contributed by atoms with Gasteiger partial charge in [0.25, 0.3) is 5.91 Å². The molecule has 1 aliphatic heterocycles. The number of halogens is 1. The van der Waals surface area contributed by atoms with Crippen molar-refractivity contribution in [2.75, 3.05) is 27.2 Å². The van der Waals surface area contributed by atoms with Crippen LogP contribution in [-0.4, -0.2) is 51.5 Å². The molecule has 1 N–H and O–H groups in total. The van der Waals surface area contributed by atoms with Crippen LogP contribution < -0.4 is 9.46 Å². The summed E-state index contributed by atoms with van der Waals surface area (Å²) in [4.78, 5) is 19.2. The van der Waals surface area contributed by atoms with E-state index in [1.54, 1.807) is 29.2 Å². The largest absolute Gasteiger partial charge is 0.495 e. The second-order valence-electron chi connectivity index (χ2n) is 7.30. The first-order chi connectivity index (χ1) is 14.8. The molecule has 0 aliphatic carbocycles. The zero-order valence-electron chi connectivity index (χ0n) is 17.1. The lowest BCUT2D eigenvalue weighted by Crippen LogP contribution is -2.38. The number of sulfonamides is 1. The number of amides is 1. The maximum Gasteiger partial charge on any atom is 0.253 e. The molecule has 0 radical (unpaired) electrons. The Bertz CT molecular complexity index is 1230. The number of carbonyl (C=O) groups excluding carboxylic acids is 1. The van der Waals surface area contributed by atoms with E-state index in [0.29, 0.717) is 48.0 Å². The lowest BCUT2D eigenvalue weighted by atomic mass is 9.96. The number of ether oxygens (including phenoxy) is 1. The number of carbonyl (C=O) groups is 1. The van der Waals surface area contributed by atoms with Gasteiger partial charge < -0.3 is 14.1 Å². The monoisotopic (exact) mass is 463 g/mol. The molecular weight excluding hydrogens is 442 g/mol. The minimum atomic E-state index is -3.76. The summed E-state index contributed by atoms with van der Waals surface area (Å²) in [7, 11) is -1.07. The SMILES string of the molecule is CNS(=O)(=O)c1cc(C(=O)N2CCC(c3nc4cc(Cl)ccc4o3)CC2)ccc1OC. The highest BCUT2D eigenvalue weighted by Crippen LogP contribution is 2.32. The van der Waals surface area contributed by atoms with Gasteiger partial charge in [-0.15, -0.1) is 0 Å². The normalized spacial score (nSPS) is 15.4. The van der Waals surface area contributed by atoms with Gasteiger partial charge in [-0.1, -0.05) is 11.6 Å². The third kappa shape index (κ3) is 4.26. The summed E-state index contributed by atoms with van der Waals surface area (Å²) in [5.41, 5.74) is 1.71. The summed E-state index contributed by atoms with van der Waals surface area (Å²) >= 11 is 6.02. The van der Waals surface area contributed by atoms with Crippen LogP contribution in [0.15, 0.2) is 45.7 Å². The summed E-state index contributed by atoms with van der Waals surface area (Å²) < 4.78 is 37.8. The van der Waals surface area contributed by atoms with Crippen LogP contribution in [0, 0.1) is 0 Å². The number of nitrogens with one attached hydrogen (secondary N) is 1. The molecule has 0 atom stereocenters. The van der Waals surface area contributed by atoms with E-state index < -0.39 is 10.0 Å². The molecule has 1 amide bonds. The van der Waals surface area contributed by atoms with E-state index in [1.165, 1.54) is 26.3 Å². The molecule has 164 valence electrons. The van der Waals surface area contributed by atoms with Crippen LogP contribution in [0.1, 0.15) is 35.0 Å². The maximum atomic E-state index is 13.0. The van der Waals surface area contributed by atoms with Gasteiger partial charge >= 0.3 is 0 Å². The summed E-state index contributed by atoms with van der Waals surface area (Å²) in [5, 5.41) is 0.604. The minimum Gasteiger partial charge on any atom is -0.495 e. The van der Waals surface area contributed by atoms with Crippen LogP contribution >= 0.6 is 11.6 Å². The average Bonchev–Trinajstić information content (AvgIpc) is 3.21. The van der Waals surface area contributed by atoms with Gasteiger partial charge in [-0.2, -0.15) is 0 Å². The van der Waals surface area contributed by atoms with Crippen molar-refractivity contribution < 1.29 is 22.4 Å². The van der Waals surface area contributed by atoms with Crippen molar-refractivity contribution in [3.05, 3.63) is 52.9 Å². The van der Waals surface area contributed by atoms with Crippen molar-refractivity contribution in [3.8, 4) is 5.75 Å². The molecular formula is C21H22ClN3O5S.